The first-order valence-corrected chi connectivity index (χ1v) is 8.17. The standard InChI is InChI=1S/C17H24F3N3O2/c1-16(2,3)25-15(24)23-9-7-11(8-10-23)22-13-6-4-5-12(14(13)21)17(18,19)20/h4-6,11,22H,7-10,21H2,1-3H3. The van der Waals surface area contributed by atoms with Gasteiger partial charge in [0.15, 0.2) is 0 Å². The Morgan fingerprint density at radius 1 is 1.24 bits per heavy atom. The number of alkyl halides is 3. The molecule has 0 aliphatic carbocycles. The number of carbonyl (C=O) groups is 1. The van der Waals surface area contributed by atoms with Gasteiger partial charge in [-0.25, -0.2) is 4.79 Å². The number of nitrogens with two attached hydrogens (primary N) is 1. The fourth-order valence-corrected chi connectivity index (χ4v) is 2.69. The van der Waals surface area contributed by atoms with E-state index >= 15 is 0 Å². The van der Waals surface area contributed by atoms with Crippen molar-refractivity contribution >= 4 is 17.5 Å². The molecule has 0 spiro atoms. The summed E-state index contributed by atoms with van der Waals surface area (Å²) in [5, 5.41) is 3.07. The molecule has 1 fully saturated rings. The highest BCUT2D eigenvalue weighted by atomic mass is 19.4. The van der Waals surface area contributed by atoms with Gasteiger partial charge < -0.3 is 20.7 Å². The van der Waals surface area contributed by atoms with Crippen LogP contribution in [0.1, 0.15) is 39.2 Å². The number of ether oxygens (including phenoxy) is 1. The smallest absolute Gasteiger partial charge is 0.418 e. The van der Waals surface area contributed by atoms with E-state index < -0.39 is 17.3 Å². The third kappa shape index (κ3) is 5.17. The summed E-state index contributed by atoms with van der Waals surface area (Å²) in [4.78, 5) is 13.6. The molecule has 1 saturated heterocycles. The van der Waals surface area contributed by atoms with Crippen LogP contribution in [0, 0.1) is 0 Å². The average molecular weight is 359 g/mol. The maximum absolute atomic E-state index is 12.9. The Kier molecular flexibility index (Phi) is 5.39. The van der Waals surface area contributed by atoms with Gasteiger partial charge in [-0.1, -0.05) is 6.07 Å². The van der Waals surface area contributed by atoms with E-state index in [1.807, 2.05) is 0 Å². The van der Waals surface area contributed by atoms with Crippen molar-refractivity contribution < 1.29 is 22.7 Å². The van der Waals surface area contributed by atoms with Gasteiger partial charge in [0.2, 0.25) is 0 Å². The molecular weight excluding hydrogens is 335 g/mol. The Hall–Kier alpha value is -2.12. The third-order valence-corrected chi connectivity index (χ3v) is 3.92. The molecule has 5 nitrogen and oxygen atoms in total. The van der Waals surface area contributed by atoms with E-state index in [9.17, 15) is 18.0 Å². The summed E-state index contributed by atoms with van der Waals surface area (Å²) in [6.07, 6.45) is -3.64. The van der Waals surface area contributed by atoms with Crippen molar-refractivity contribution in [2.24, 2.45) is 0 Å². The van der Waals surface area contributed by atoms with E-state index in [4.69, 9.17) is 10.5 Å². The van der Waals surface area contributed by atoms with E-state index in [-0.39, 0.29) is 23.5 Å². The van der Waals surface area contributed by atoms with Gasteiger partial charge in [-0.3, -0.25) is 0 Å². The predicted molar refractivity (Wildman–Crippen MR) is 90.3 cm³/mol. The van der Waals surface area contributed by atoms with Crippen LogP contribution in [0.2, 0.25) is 0 Å². The van der Waals surface area contributed by atoms with E-state index in [1.165, 1.54) is 12.1 Å². The van der Waals surface area contributed by atoms with Crippen LogP contribution in [0.15, 0.2) is 18.2 Å². The summed E-state index contributed by atoms with van der Waals surface area (Å²) in [6, 6.07) is 3.78. The molecule has 0 bridgehead atoms. The zero-order chi connectivity index (χ0) is 18.8. The van der Waals surface area contributed by atoms with Crippen LogP contribution < -0.4 is 11.1 Å². The lowest BCUT2D eigenvalue weighted by molar-refractivity contribution is -0.136. The number of halogens is 3. The fraction of sp³-hybridized carbons (Fsp3) is 0.588. The minimum atomic E-state index is -4.48. The van der Waals surface area contributed by atoms with E-state index in [0.29, 0.717) is 25.9 Å². The van der Waals surface area contributed by atoms with Crippen LogP contribution in [0.5, 0.6) is 0 Å². The highest BCUT2D eigenvalue weighted by Gasteiger charge is 2.34. The molecule has 0 atom stereocenters. The Labute approximate surface area is 145 Å². The first-order valence-electron chi connectivity index (χ1n) is 8.17. The van der Waals surface area contributed by atoms with Crippen molar-refractivity contribution in [1.82, 2.24) is 4.90 Å². The number of benzene rings is 1. The highest BCUT2D eigenvalue weighted by Crippen LogP contribution is 2.37. The molecule has 140 valence electrons. The lowest BCUT2D eigenvalue weighted by Gasteiger charge is -2.34. The van der Waals surface area contributed by atoms with Crippen molar-refractivity contribution in [3.8, 4) is 0 Å². The summed E-state index contributed by atoms with van der Waals surface area (Å²) in [6.45, 7) is 6.36. The van der Waals surface area contributed by atoms with E-state index in [1.54, 1.807) is 25.7 Å². The third-order valence-electron chi connectivity index (χ3n) is 3.92. The molecule has 0 radical (unpaired) electrons. The van der Waals surface area contributed by atoms with Crippen LogP contribution >= 0.6 is 0 Å². The molecule has 3 N–H and O–H groups in total. The molecule has 1 aromatic carbocycles. The number of hydrogen-bond acceptors (Lipinski definition) is 4. The van der Waals surface area contributed by atoms with Crippen molar-refractivity contribution in [2.75, 3.05) is 24.1 Å². The summed E-state index contributed by atoms with van der Waals surface area (Å²) >= 11 is 0. The number of carbonyl (C=O) groups excluding carboxylic acids is 1. The van der Waals surface area contributed by atoms with Gasteiger partial charge in [-0.15, -0.1) is 0 Å². The molecule has 1 amide bonds. The molecule has 0 aromatic heterocycles. The number of amides is 1. The molecule has 1 aliphatic rings. The summed E-state index contributed by atoms with van der Waals surface area (Å²) in [7, 11) is 0. The van der Waals surface area contributed by atoms with Gasteiger partial charge in [0.05, 0.1) is 16.9 Å². The van der Waals surface area contributed by atoms with Crippen molar-refractivity contribution in [3.05, 3.63) is 23.8 Å². The number of piperidine rings is 1. The summed E-state index contributed by atoms with van der Waals surface area (Å²) in [5.41, 5.74) is 4.23. The lowest BCUT2D eigenvalue weighted by atomic mass is 10.0. The van der Waals surface area contributed by atoms with Crippen LogP contribution in [-0.4, -0.2) is 35.7 Å². The SMILES string of the molecule is CC(C)(C)OC(=O)N1CCC(Nc2cccc(C(F)(F)F)c2N)CC1. The first kappa shape index (κ1) is 19.2. The van der Waals surface area contributed by atoms with Crippen molar-refractivity contribution in [2.45, 2.75) is 51.4 Å². The minimum absolute atomic E-state index is 0.0514. The van der Waals surface area contributed by atoms with Gasteiger partial charge >= 0.3 is 12.3 Å². The second-order valence-corrected chi connectivity index (χ2v) is 7.15. The van der Waals surface area contributed by atoms with E-state index in [0.717, 1.165) is 6.07 Å². The van der Waals surface area contributed by atoms with Crippen molar-refractivity contribution in [1.29, 1.82) is 0 Å². The molecular formula is C17H24F3N3O2. The monoisotopic (exact) mass is 359 g/mol. The molecule has 0 saturated carbocycles. The maximum Gasteiger partial charge on any atom is 0.418 e. The number of rotatable bonds is 2. The Bertz CT molecular complexity index is 619. The topological polar surface area (TPSA) is 67.6 Å². The van der Waals surface area contributed by atoms with Crippen molar-refractivity contribution in [3.63, 3.8) is 0 Å². The molecule has 8 heteroatoms. The number of anilines is 2. The first-order chi connectivity index (χ1) is 11.5. The number of para-hydroxylation sites is 1. The van der Waals surface area contributed by atoms with Gasteiger partial charge in [-0.05, 0) is 45.7 Å². The second-order valence-electron chi connectivity index (χ2n) is 7.15. The maximum atomic E-state index is 12.9. The number of nitrogens with one attached hydrogen (secondary N) is 1. The largest absolute Gasteiger partial charge is 0.444 e. The Morgan fingerprint density at radius 3 is 2.36 bits per heavy atom. The van der Waals surface area contributed by atoms with Crippen LogP contribution in [0.3, 0.4) is 0 Å². The Balaban J connectivity index is 1.96. The lowest BCUT2D eigenvalue weighted by Crippen LogP contribution is -2.44. The highest BCUT2D eigenvalue weighted by molar-refractivity contribution is 5.71. The summed E-state index contributed by atoms with van der Waals surface area (Å²) < 4.78 is 44.1. The molecule has 0 unspecified atom stereocenters. The van der Waals surface area contributed by atoms with Crippen LogP contribution in [0.4, 0.5) is 29.3 Å². The molecule has 2 rings (SSSR count). The normalized spacial score (nSPS) is 16.6. The second kappa shape index (κ2) is 7.01. The Morgan fingerprint density at radius 2 is 1.84 bits per heavy atom. The predicted octanol–water partition coefficient (Wildman–Crippen LogP) is 4.10. The number of nitrogen functional groups attached to an aromatic ring is 1. The molecule has 1 heterocycles. The quantitative estimate of drug-likeness (QED) is 0.780. The van der Waals surface area contributed by atoms with E-state index in [2.05, 4.69) is 5.32 Å². The van der Waals surface area contributed by atoms with Crippen LogP contribution in [-0.2, 0) is 10.9 Å². The minimum Gasteiger partial charge on any atom is -0.444 e. The number of hydrogen-bond donors (Lipinski definition) is 2. The zero-order valence-electron chi connectivity index (χ0n) is 14.6. The summed E-state index contributed by atoms with van der Waals surface area (Å²) in [5.74, 6) is 0. The fourth-order valence-electron chi connectivity index (χ4n) is 2.69. The van der Waals surface area contributed by atoms with Gasteiger partial charge in [-0.2, -0.15) is 13.2 Å². The van der Waals surface area contributed by atoms with Crippen LogP contribution in [0.25, 0.3) is 0 Å². The van der Waals surface area contributed by atoms with Gasteiger partial charge in [0.1, 0.15) is 5.60 Å². The van der Waals surface area contributed by atoms with Gasteiger partial charge in [0, 0.05) is 19.1 Å². The molecule has 25 heavy (non-hydrogen) atoms. The molecule has 1 aliphatic heterocycles. The number of nitrogens with zero attached hydrogens (tertiary/aromatic N) is 1. The number of likely N-dealkylation sites (tertiary alicyclic amines) is 1. The zero-order valence-corrected chi connectivity index (χ0v) is 14.6. The average Bonchev–Trinajstić information content (AvgIpc) is 2.47. The van der Waals surface area contributed by atoms with Gasteiger partial charge in [0.25, 0.3) is 0 Å². The molecule has 1 aromatic rings.